The highest BCUT2D eigenvalue weighted by Crippen LogP contribution is 2.40. The molecule has 1 saturated heterocycles. The van der Waals surface area contributed by atoms with Gasteiger partial charge in [-0.1, -0.05) is 20.8 Å². The molecule has 1 aliphatic heterocycles. The van der Waals surface area contributed by atoms with Gasteiger partial charge >= 0.3 is 11.7 Å². The van der Waals surface area contributed by atoms with Crippen LogP contribution in [0, 0.1) is 0 Å². The predicted octanol–water partition coefficient (Wildman–Crippen LogP) is 0.509. The van der Waals surface area contributed by atoms with Gasteiger partial charge in [-0.3, -0.25) is 23.9 Å². The number of hydrogen-bond donors (Lipinski definition) is 3. The van der Waals surface area contributed by atoms with Crippen LogP contribution in [-0.2, 0) is 23.5 Å². The lowest BCUT2D eigenvalue weighted by molar-refractivity contribution is -0.140. The number of aliphatic hydroxyl groups excluding tert-OH is 1. The molecule has 184 valence electrons. The molecule has 2 rings (SSSR count). The molecule has 0 spiro atoms. The molecule has 3 N–H and O–H groups in total. The summed E-state index contributed by atoms with van der Waals surface area (Å²) in [4.78, 5) is 49.8. The highest BCUT2D eigenvalue weighted by molar-refractivity contribution is 6.74. The zero-order valence-corrected chi connectivity index (χ0v) is 20.8. The van der Waals surface area contributed by atoms with Crippen molar-refractivity contribution in [1.29, 1.82) is 0 Å². The zero-order chi connectivity index (χ0) is 25.0. The first-order valence-corrected chi connectivity index (χ1v) is 13.5. The Morgan fingerprint density at radius 2 is 2.03 bits per heavy atom. The molecule has 1 fully saturated rings. The van der Waals surface area contributed by atoms with Crippen molar-refractivity contribution in [3.05, 3.63) is 38.7 Å². The Morgan fingerprint density at radius 1 is 1.36 bits per heavy atom. The van der Waals surface area contributed by atoms with Crippen molar-refractivity contribution in [3.8, 4) is 0 Å². The van der Waals surface area contributed by atoms with Crippen LogP contribution in [-0.4, -0.2) is 67.3 Å². The van der Waals surface area contributed by atoms with E-state index >= 15 is 0 Å². The van der Waals surface area contributed by atoms with Crippen LogP contribution in [0.3, 0.4) is 0 Å². The number of carbonyl (C=O) groups is 2. The minimum Gasteiger partial charge on any atom is -0.468 e. The van der Waals surface area contributed by atoms with Crippen LogP contribution < -0.4 is 16.6 Å². The monoisotopic (exact) mass is 483 g/mol. The Morgan fingerprint density at radius 3 is 2.61 bits per heavy atom. The Labute approximate surface area is 192 Å². The predicted molar refractivity (Wildman–Crippen MR) is 123 cm³/mol. The molecule has 0 radical (unpaired) electrons. The van der Waals surface area contributed by atoms with E-state index in [1.165, 1.54) is 23.9 Å². The van der Waals surface area contributed by atoms with Crippen LogP contribution in [0.1, 0.15) is 39.0 Å². The number of aromatic nitrogens is 2. The normalized spacial score (nSPS) is 21.4. The van der Waals surface area contributed by atoms with E-state index in [0.29, 0.717) is 6.42 Å². The Kier molecular flexibility index (Phi) is 8.57. The van der Waals surface area contributed by atoms with Gasteiger partial charge in [0.15, 0.2) is 8.32 Å². The van der Waals surface area contributed by atoms with Crippen LogP contribution >= 0.6 is 0 Å². The van der Waals surface area contributed by atoms with Crippen molar-refractivity contribution < 1.29 is 28.6 Å². The van der Waals surface area contributed by atoms with Gasteiger partial charge in [-0.05, 0) is 24.2 Å². The zero-order valence-electron chi connectivity index (χ0n) is 19.8. The number of aliphatic hydroxyl groups is 1. The molecular weight excluding hydrogens is 450 g/mol. The maximum atomic E-state index is 12.5. The quantitative estimate of drug-likeness (QED) is 0.275. The van der Waals surface area contributed by atoms with E-state index in [0.717, 1.165) is 6.08 Å². The fourth-order valence-electron chi connectivity index (χ4n) is 3.00. The molecule has 12 heteroatoms. The lowest BCUT2D eigenvalue weighted by atomic mass is 10.2. The van der Waals surface area contributed by atoms with E-state index in [1.807, 2.05) is 0 Å². The molecule has 33 heavy (non-hydrogen) atoms. The number of carbonyl (C=O) groups excluding carboxylic acids is 2. The maximum absolute atomic E-state index is 12.5. The molecule has 0 bridgehead atoms. The summed E-state index contributed by atoms with van der Waals surface area (Å²) in [5, 5.41) is 12.1. The number of amides is 1. The minimum absolute atomic E-state index is 0.0423. The van der Waals surface area contributed by atoms with Gasteiger partial charge in [0.05, 0.1) is 25.4 Å². The molecule has 11 nitrogen and oxygen atoms in total. The number of methoxy groups -OCH3 is 1. The second-order valence-corrected chi connectivity index (χ2v) is 14.1. The van der Waals surface area contributed by atoms with Crippen molar-refractivity contribution in [1.82, 2.24) is 14.9 Å². The van der Waals surface area contributed by atoms with Crippen molar-refractivity contribution in [2.45, 2.75) is 63.8 Å². The SMILES string of the molecule is COC(=O)CNC(=O)/C=C/c1cn(C2CC(O[Si](C)(C)C(C)(C)C)C(CO)O2)c(=O)[nH]c1=O. The third-order valence-corrected chi connectivity index (χ3v) is 10.5. The van der Waals surface area contributed by atoms with E-state index < -0.39 is 49.9 Å². The summed E-state index contributed by atoms with van der Waals surface area (Å²) in [5.41, 5.74) is -1.32. The summed E-state index contributed by atoms with van der Waals surface area (Å²) in [5.74, 6) is -1.23. The molecule has 0 aromatic carbocycles. The summed E-state index contributed by atoms with van der Waals surface area (Å²) >= 11 is 0. The van der Waals surface area contributed by atoms with Gasteiger partial charge in [0, 0.05) is 18.7 Å². The van der Waals surface area contributed by atoms with Crippen LogP contribution in [0.2, 0.25) is 18.1 Å². The molecule has 3 atom stereocenters. The van der Waals surface area contributed by atoms with Gasteiger partial charge in [0.1, 0.15) is 18.9 Å². The molecule has 3 unspecified atom stereocenters. The van der Waals surface area contributed by atoms with E-state index in [2.05, 4.69) is 48.9 Å². The summed E-state index contributed by atoms with van der Waals surface area (Å²) in [7, 11) is -0.965. The van der Waals surface area contributed by atoms with Gasteiger partial charge in [-0.15, -0.1) is 0 Å². The van der Waals surface area contributed by atoms with E-state index in [-0.39, 0.29) is 23.8 Å². The number of hydrogen-bond acceptors (Lipinski definition) is 8. The average molecular weight is 484 g/mol. The number of nitrogens with one attached hydrogen (secondary N) is 2. The first kappa shape index (κ1) is 26.7. The highest BCUT2D eigenvalue weighted by Gasteiger charge is 2.45. The van der Waals surface area contributed by atoms with Gasteiger partial charge in [-0.25, -0.2) is 4.79 Å². The van der Waals surface area contributed by atoms with Crippen molar-refractivity contribution in [2.75, 3.05) is 20.3 Å². The van der Waals surface area contributed by atoms with Gasteiger partial charge in [0.2, 0.25) is 5.91 Å². The molecule has 1 amide bonds. The largest absolute Gasteiger partial charge is 0.468 e. The van der Waals surface area contributed by atoms with Crippen LogP contribution in [0.25, 0.3) is 6.08 Å². The number of esters is 1. The molecule has 0 aliphatic carbocycles. The standard InChI is InChI=1S/C21H33N3O8Si/c1-21(2,3)33(5,6)32-14-9-17(31-15(14)12-25)24-11-13(19(28)23-20(24)29)7-8-16(26)22-10-18(27)30-4/h7-8,11,14-15,17,25H,9-10,12H2,1-6H3,(H,22,26)(H,23,28,29)/b8-7+. The maximum Gasteiger partial charge on any atom is 0.330 e. The summed E-state index contributed by atoms with van der Waals surface area (Å²) in [6.07, 6.45) is 2.10. The second-order valence-electron chi connectivity index (χ2n) is 9.34. The minimum atomic E-state index is -2.16. The second kappa shape index (κ2) is 10.6. The first-order valence-electron chi connectivity index (χ1n) is 10.6. The molecule has 2 heterocycles. The van der Waals surface area contributed by atoms with Crippen LogP contribution in [0.5, 0.6) is 0 Å². The third-order valence-electron chi connectivity index (χ3n) is 5.97. The van der Waals surface area contributed by atoms with Crippen molar-refractivity contribution >= 4 is 26.3 Å². The highest BCUT2D eigenvalue weighted by atomic mass is 28.4. The number of aromatic amines is 1. The van der Waals surface area contributed by atoms with Crippen molar-refractivity contribution in [2.24, 2.45) is 0 Å². The Hall–Kier alpha value is -2.54. The summed E-state index contributed by atoms with van der Waals surface area (Å²) < 4.78 is 17.9. The molecule has 1 aliphatic rings. The molecule has 0 saturated carbocycles. The Balaban J connectivity index is 2.22. The topological polar surface area (TPSA) is 149 Å². The number of H-pyrrole nitrogens is 1. The van der Waals surface area contributed by atoms with Crippen molar-refractivity contribution in [3.63, 3.8) is 0 Å². The smallest absolute Gasteiger partial charge is 0.330 e. The summed E-state index contributed by atoms with van der Waals surface area (Å²) in [6.45, 7) is 9.90. The lowest BCUT2D eigenvalue weighted by Gasteiger charge is -2.39. The first-order chi connectivity index (χ1) is 15.3. The number of nitrogens with zero attached hydrogens (tertiary/aromatic N) is 1. The number of rotatable bonds is 8. The average Bonchev–Trinajstić information content (AvgIpc) is 3.12. The van der Waals surface area contributed by atoms with Crippen LogP contribution in [0.4, 0.5) is 0 Å². The summed E-state index contributed by atoms with van der Waals surface area (Å²) in [6, 6.07) is 0. The fraction of sp³-hybridized carbons (Fsp3) is 0.619. The Bertz CT molecular complexity index is 1010. The van der Waals surface area contributed by atoms with Gasteiger partial charge < -0.3 is 24.3 Å². The van der Waals surface area contributed by atoms with E-state index in [1.54, 1.807) is 0 Å². The molecule has 1 aromatic rings. The van der Waals surface area contributed by atoms with Crippen LogP contribution in [0.15, 0.2) is 21.9 Å². The molecule has 1 aromatic heterocycles. The number of ether oxygens (including phenoxy) is 2. The van der Waals surface area contributed by atoms with Gasteiger partial charge in [0.25, 0.3) is 5.56 Å². The lowest BCUT2D eigenvalue weighted by Crippen LogP contribution is -2.46. The van der Waals surface area contributed by atoms with E-state index in [4.69, 9.17) is 9.16 Å². The molecular formula is C21H33N3O8Si. The fourth-order valence-corrected chi connectivity index (χ4v) is 4.36. The van der Waals surface area contributed by atoms with Gasteiger partial charge in [-0.2, -0.15) is 0 Å². The van der Waals surface area contributed by atoms with E-state index in [9.17, 15) is 24.3 Å². The third kappa shape index (κ3) is 6.73.